The number of nitrogens with two attached hydrogens (primary N) is 1. The van der Waals surface area contributed by atoms with Crippen LogP contribution in [0.4, 0.5) is 0 Å². The van der Waals surface area contributed by atoms with Gasteiger partial charge < -0.3 is 15.9 Å². The number of rotatable bonds is 1. The molecule has 66 valence electrons. The van der Waals surface area contributed by atoms with Crippen LogP contribution in [-0.2, 0) is 4.79 Å². The molecule has 0 aliphatic heterocycles. The van der Waals surface area contributed by atoms with E-state index in [4.69, 9.17) is 10.8 Å². The summed E-state index contributed by atoms with van der Waals surface area (Å²) >= 11 is 0. The van der Waals surface area contributed by atoms with Crippen LogP contribution in [0.5, 0.6) is 0 Å². The fourth-order valence-electron chi connectivity index (χ4n) is 2.17. The van der Waals surface area contributed by atoms with Gasteiger partial charge in [0.2, 0.25) is 0 Å². The van der Waals surface area contributed by atoms with Gasteiger partial charge in [0.1, 0.15) is 5.54 Å². The Morgan fingerprint density at radius 1 is 1.58 bits per heavy atom. The molecule has 4 nitrogen and oxygen atoms in total. The minimum Gasteiger partial charge on any atom is -0.480 e. The van der Waals surface area contributed by atoms with Crippen LogP contribution in [0.15, 0.2) is 12.2 Å². The van der Waals surface area contributed by atoms with E-state index in [2.05, 4.69) is 0 Å². The van der Waals surface area contributed by atoms with Gasteiger partial charge in [-0.2, -0.15) is 0 Å². The molecule has 1 saturated carbocycles. The monoisotopic (exact) mass is 169 g/mol. The second-order valence-electron chi connectivity index (χ2n) is 3.57. The van der Waals surface area contributed by atoms with Crippen LogP contribution in [0, 0.1) is 11.8 Å². The lowest BCUT2D eigenvalue weighted by molar-refractivity contribution is -0.148. The average molecular weight is 169 g/mol. The fraction of sp³-hybridized carbons (Fsp3) is 0.625. The summed E-state index contributed by atoms with van der Waals surface area (Å²) in [5.41, 5.74) is 4.18. The van der Waals surface area contributed by atoms with E-state index in [1.165, 1.54) is 0 Å². The minimum atomic E-state index is -1.45. The zero-order valence-electron chi connectivity index (χ0n) is 6.47. The molecule has 0 radical (unpaired) electrons. The Kier molecular flexibility index (Phi) is 1.35. The molecule has 0 amide bonds. The molecule has 0 aromatic carbocycles. The van der Waals surface area contributed by atoms with E-state index in [1.807, 2.05) is 6.08 Å². The number of aliphatic carboxylic acids is 1. The number of carbonyl (C=O) groups is 1. The zero-order valence-corrected chi connectivity index (χ0v) is 6.47. The van der Waals surface area contributed by atoms with Crippen LogP contribution in [-0.4, -0.2) is 27.8 Å². The number of fused-ring (bicyclic) bond motifs is 2. The highest BCUT2D eigenvalue weighted by Gasteiger charge is 2.58. The van der Waals surface area contributed by atoms with E-state index in [9.17, 15) is 9.90 Å². The van der Waals surface area contributed by atoms with Crippen LogP contribution in [0.3, 0.4) is 0 Å². The fourth-order valence-corrected chi connectivity index (χ4v) is 2.17. The molecule has 2 aliphatic carbocycles. The standard InChI is InChI=1S/C8H11NO3/c9-8(7(11)12)5-2-1-4(3-5)6(8)10/h1-2,4-6,10H,3,9H2,(H,11,12)/t4-,5+,6-,8+/m1/s1. The summed E-state index contributed by atoms with van der Waals surface area (Å²) in [4.78, 5) is 10.8. The zero-order chi connectivity index (χ0) is 8.93. The summed E-state index contributed by atoms with van der Waals surface area (Å²) in [6, 6.07) is 0. The van der Waals surface area contributed by atoms with Crippen LogP contribution in [0.1, 0.15) is 6.42 Å². The van der Waals surface area contributed by atoms with Gasteiger partial charge in [0.25, 0.3) is 0 Å². The van der Waals surface area contributed by atoms with E-state index in [1.54, 1.807) is 6.08 Å². The molecule has 12 heavy (non-hydrogen) atoms. The molecule has 0 aromatic heterocycles. The van der Waals surface area contributed by atoms with E-state index in [0.717, 1.165) is 0 Å². The first-order valence-electron chi connectivity index (χ1n) is 3.95. The third kappa shape index (κ3) is 0.665. The van der Waals surface area contributed by atoms with E-state index >= 15 is 0 Å². The Morgan fingerprint density at radius 3 is 2.58 bits per heavy atom. The van der Waals surface area contributed by atoms with Gasteiger partial charge in [-0.25, -0.2) is 0 Å². The van der Waals surface area contributed by atoms with Crippen molar-refractivity contribution < 1.29 is 15.0 Å². The van der Waals surface area contributed by atoms with Gasteiger partial charge in [-0.1, -0.05) is 12.2 Å². The summed E-state index contributed by atoms with van der Waals surface area (Å²) in [7, 11) is 0. The number of aliphatic hydroxyl groups excluding tert-OH is 1. The maximum Gasteiger partial charge on any atom is 0.327 e. The van der Waals surface area contributed by atoms with Crippen LogP contribution < -0.4 is 5.73 Å². The highest BCUT2D eigenvalue weighted by Crippen LogP contribution is 2.45. The molecule has 4 heteroatoms. The highest BCUT2D eigenvalue weighted by atomic mass is 16.4. The van der Waals surface area contributed by atoms with Crippen LogP contribution in [0.25, 0.3) is 0 Å². The molecular formula is C8H11NO3. The van der Waals surface area contributed by atoms with Crippen LogP contribution in [0.2, 0.25) is 0 Å². The van der Waals surface area contributed by atoms with Crippen molar-refractivity contribution in [2.45, 2.75) is 18.1 Å². The van der Waals surface area contributed by atoms with Gasteiger partial charge in [-0.05, 0) is 6.42 Å². The molecule has 2 bridgehead atoms. The van der Waals surface area contributed by atoms with Crippen molar-refractivity contribution in [3.63, 3.8) is 0 Å². The molecule has 0 aromatic rings. The van der Waals surface area contributed by atoms with Crippen molar-refractivity contribution in [3.8, 4) is 0 Å². The lowest BCUT2D eigenvalue weighted by atomic mass is 9.83. The Labute approximate surface area is 69.7 Å². The highest BCUT2D eigenvalue weighted by molar-refractivity contribution is 5.81. The van der Waals surface area contributed by atoms with Gasteiger partial charge in [-0.15, -0.1) is 0 Å². The summed E-state index contributed by atoms with van der Waals surface area (Å²) in [5.74, 6) is -1.36. The molecule has 0 saturated heterocycles. The van der Waals surface area contributed by atoms with Crippen molar-refractivity contribution >= 4 is 5.97 Å². The lowest BCUT2D eigenvalue weighted by Gasteiger charge is -2.30. The third-order valence-corrected chi connectivity index (χ3v) is 3.00. The quantitative estimate of drug-likeness (QED) is 0.455. The maximum atomic E-state index is 10.8. The van der Waals surface area contributed by atoms with Gasteiger partial charge >= 0.3 is 5.97 Å². The minimum absolute atomic E-state index is 0.0592. The van der Waals surface area contributed by atoms with Gasteiger partial charge in [0.05, 0.1) is 6.10 Å². The molecule has 0 heterocycles. The second kappa shape index (κ2) is 2.08. The molecule has 0 unspecified atom stereocenters. The first-order chi connectivity index (χ1) is 5.56. The topological polar surface area (TPSA) is 83.6 Å². The van der Waals surface area contributed by atoms with E-state index < -0.39 is 17.6 Å². The number of hydrogen-bond acceptors (Lipinski definition) is 3. The van der Waals surface area contributed by atoms with Crippen molar-refractivity contribution in [1.29, 1.82) is 0 Å². The van der Waals surface area contributed by atoms with Crippen molar-refractivity contribution in [1.82, 2.24) is 0 Å². The Hall–Kier alpha value is -0.870. The second-order valence-corrected chi connectivity index (χ2v) is 3.57. The summed E-state index contributed by atoms with van der Waals surface area (Å²) in [6.45, 7) is 0. The summed E-state index contributed by atoms with van der Waals surface area (Å²) in [5, 5.41) is 18.4. The first kappa shape index (κ1) is 7.76. The number of hydrogen-bond donors (Lipinski definition) is 3. The number of carboxylic acid groups (broad SMARTS) is 1. The number of aliphatic hydroxyl groups is 1. The molecule has 2 aliphatic rings. The number of carboxylic acids is 1. The molecule has 4 N–H and O–H groups in total. The molecule has 4 atom stereocenters. The molecule has 2 rings (SSSR count). The van der Waals surface area contributed by atoms with Gasteiger partial charge in [0.15, 0.2) is 0 Å². The third-order valence-electron chi connectivity index (χ3n) is 3.00. The Morgan fingerprint density at radius 2 is 2.25 bits per heavy atom. The first-order valence-corrected chi connectivity index (χ1v) is 3.95. The SMILES string of the molecule is N[C@]1(C(=O)O)[C@H](O)[C@@H]2C=C[C@H]1C2. The lowest BCUT2D eigenvalue weighted by Crippen LogP contribution is -2.59. The molecule has 0 spiro atoms. The van der Waals surface area contributed by atoms with Crippen molar-refractivity contribution in [2.75, 3.05) is 0 Å². The van der Waals surface area contributed by atoms with E-state index in [0.29, 0.717) is 6.42 Å². The van der Waals surface area contributed by atoms with Crippen molar-refractivity contribution in [3.05, 3.63) is 12.2 Å². The molecular weight excluding hydrogens is 158 g/mol. The Bertz CT molecular complexity index is 263. The maximum absolute atomic E-state index is 10.8. The smallest absolute Gasteiger partial charge is 0.327 e. The van der Waals surface area contributed by atoms with E-state index in [-0.39, 0.29) is 11.8 Å². The predicted octanol–water partition coefficient (Wildman–Crippen LogP) is -0.665. The van der Waals surface area contributed by atoms with Crippen molar-refractivity contribution in [2.24, 2.45) is 17.6 Å². The predicted molar refractivity (Wildman–Crippen MR) is 41.3 cm³/mol. The molecule has 1 fully saturated rings. The Balaban J connectivity index is 2.39. The normalized spacial score (nSPS) is 50.0. The van der Waals surface area contributed by atoms with Crippen LogP contribution >= 0.6 is 0 Å². The average Bonchev–Trinajstić information content (AvgIpc) is 2.55. The largest absolute Gasteiger partial charge is 0.480 e. The summed E-state index contributed by atoms with van der Waals surface area (Å²) < 4.78 is 0. The summed E-state index contributed by atoms with van der Waals surface area (Å²) in [6.07, 6.45) is 3.39. The van der Waals surface area contributed by atoms with Gasteiger partial charge in [0, 0.05) is 11.8 Å². The van der Waals surface area contributed by atoms with Gasteiger partial charge in [-0.3, -0.25) is 4.79 Å².